The summed E-state index contributed by atoms with van der Waals surface area (Å²) in [4.78, 5) is 9.16. The van der Waals surface area contributed by atoms with Crippen molar-refractivity contribution in [3.8, 4) is 19.5 Å². The third-order valence-electron chi connectivity index (χ3n) is 11.0. The van der Waals surface area contributed by atoms with Gasteiger partial charge in [0.25, 0.3) is 0 Å². The molecule has 0 aliphatic heterocycles. The number of aryl methyl sites for hydroxylation is 5. The van der Waals surface area contributed by atoms with Gasteiger partial charge in [0.15, 0.2) is 0 Å². The van der Waals surface area contributed by atoms with Crippen molar-refractivity contribution in [3.63, 3.8) is 0 Å². The first-order valence-electron chi connectivity index (χ1n) is 21.5. The summed E-state index contributed by atoms with van der Waals surface area (Å²) in [6.45, 7) is 18.8. The molecular formula is C48H70S4. The zero-order valence-electron chi connectivity index (χ0n) is 34.3. The predicted molar refractivity (Wildman–Crippen MR) is 243 cm³/mol. The third kappa shape index (κ3) is 10.4. The Balaban J connectivity index is 1.33. The molecule has 0 aliphatic carbocycles. The molecule has 0 amide bonds. The van der Waals surface area contributed by atoms with Gasteiger partial charge in [-0.25, -0.2) is 0 Å². The van der Waals surface area contributed by atoms with E-state index in [9.17, 15) is 0 Å². The van der Waals surface area contributed by atoms with Gasteiger partial charge < -0.3 is 0 Å². The Bertz CT molecular complexity index is 1750. The van der Waals surface area contributed by atoms with Gasteiger partial charge in [0, 0.05) is 38.7 Å². The van der Waals surface area contributed by atoms with Crippen molar-refractivity contribution >= 4 is 65.5 Å². The summed E-state index contributed by atoms with van der Waals surface area (Å²) in [5.41, 5.74) is 6.55. The van der Waals surface area contributed by atoms with Gasteiger partial charge in [0.1, 0.15) is 0 Å². The minimum Gasteiger partial charge on any atom is -0.139 e. The van der Waals surface area contributed by atoms with Crippen LogP contribution in [0.25, 0.3) is 39.7 Å². The number of unbranched alkanes of at least 4 members (excludes halogenated alkanes) is 13. The lowest BCUT2D eigenvalue weighted by Gasteiger charge is -2.15. The number of fused-ring (bicyclic) bond motifs is 2. The van der Waals surface area contributed by atoms with Gasteiger partial charge in [-0.3, -0.25) is 0 Å². The molecule has 0 fully saturated rings. The molecule has 0 bridgehead atoms. The molecule has 5 aromatic rings. The molecule has 4 heterocycles. The Kier molecular flexibility index (Phi) is 16.4. The van der Waals surface area contributed by atoms with Gasteiger partial charge in [-0.1, -0.05) is 152 Å². The van der Waals surface area contributed by atoms with E-state index in [0.29, 0.717) is 0 Å². The Morgan fingerprint density at radius 3 is 1.37 bits per heavy atom. The van der Waals surface area contributed by atoms with Crippen molar-refractivity contribution in [1.82, 2.24) is 0 Å². The molecule has 0 unspecified atom stereocenters. The van der Waals surface area contributed by atoms with Crippen molar-refractivity contribution in [3.05, 3.63) is 56.3 Å². The maximum absolute atomic E-state index is 2.63. The van der Waals surface area contributed by atoms with Gasteiger partial charge in [-0.15, -0.1) is 45.3 Å². The van der Waals surface area contributed by atoms with Crippen LogP contribution in [0.4, 0.5) is 0 Å². The first-order chi connectivity index (χ1) is 25.2. The SMILES string of the molecule is CCCCCCCCCCCCCCCCc1cc(CC)sc1-c1cc2c(CCC)c3sc(-c4sc(C(C)(C)C)cc4CC)cc3c(CCC)c2s1. The highest BCUT2D eigenvalue weighted by atomic mass is 32.1. The lowest BCUT2D eigenvalue weighted by Crippen LogP contribution is -2.07. The van der Waals surface area contributed by atoms with Crippen LogP contribution in [0.3, 0.4) is 0 Å². The monoisotopic (exact) mass is 774 g/mol. The van der Waals surface area contributed by atoms with Crippen LogP contribution in [0.15, 0.2) is 24.3 Å². The van der Waals surface area contributed by atoms with Crippen LogP contribution in [0.1, 0.15) is 190 Å². The van der Waals surface area contributed by atoms with E-state index >= 15 is 0 Å². The minimum absolute atomic E-state index is 0.188. The first-order valence-corrected chi connectivity index (χ1v) is 24.8. The van der Waals surface area contributed by atoms with Crippen molar-refractivity contribution in [2.24, 2.45) is 0 Å². The van der Waals surface area contributed by atoms with Gasteiger partial charge in [0.2, 0.25) is 0 Å². The summed E-state index contributed by atoms with van der Waals surface area (Å²) in [6, 6.07) is 10.3. The fourth-order valence-corrected chi connectivity index (χ4v) is 13.3. The van der Waals surface area contributed by atoms with Crippen molar-refractivity contribution < 1.29 is 0 Å². The van der Waals surface area contributed by atoms with E-state index in [0.717, 1.165) is 25.7 Å². The summed E-state index contributed by atoms with van der Waals surface area (Å²) in [5.74, 6) is 0. The Morgan fingerprint density at radius 1 is 0.442 bits per heavy atom. The normalized spacial score (nSPS) is 12.3. The number of hydrogen-bond donors (Lipinski definition) is 0. The summed E-state index contributed by atoms with van der Waals surface area (Å²) in [7, 11) is 0. The molecule has 0 radical (unpaired) electrons. The Morgan fingerprint density at radius 2 is 0.923 bits per heavy atom. The molecule has 0 saturated carbocycles. The highest BCUT2D eigenvalue weighted by Crippen LogP contribution is 2.50. The number of rotatable bonds is 23. The van der Waals surface area contributed by atoms with E-state index in [2.05, 4.69) is 114 Å². The van der Waals surface area contributed by atoms with Crippen LogP contribution in [0.2, 0.25) is 0 Å². The second-order valence-electron chi connectivity index (χ2n) is 16.5. The van der Waals surface area contributed by atoms with Crippen molar-refractivity contribution in [2.75, 3.05) is 0 Å². The van der Waals surface area contributed by atoms with E-state index < -0.39 is 0 Å². The molecule has 0 spiro atoms. The van der Waals surface area contributed by atoms with E-state index in [-0.39, 0.29) is 5.41 Å². The number of hydrogen-bond acceptors (Lipinski definition) is 4. The molecule has 0 atom stereocenters. The lowest BCUT2D eigenvalue weighted by molar-refractivity contribution is 0.535. The Hall–Kier alpha value is -1.46. The van der Waals surface area contributed by atoms with Crippen LogP contribution in [0, 0.1) is 0 Å². The highest BCUT2D eigenvalue weighted by Gasteiger charge is 2.24. The van der Waals surface area contributed by atoms with Crippen LogP contribution in [-0.2, 0) is 37.5 Å². The minimum atomic E-state index is 0.188. The highest BCUT2D eigenvalue weighted by molar-refractivity contribution is 7.28. The molecule has 0 N–H and O–H groups in total. The molecule has 1 aromatic carbocycles. The Labute approximate surface area is 334 Å². The smallest absolute Gasteiger partial charge is 0.0478 e. The summed E-state index contributed by atoms with van der Waals surface area (Å²) < 4.78 is 3.14. The molecule has 0 nitrogen and oxygen atoms in total. The van der Waals surface area contributed by atoms with Crippen LogP contribution in [-0.4, -0.2) is 0 Å². The zero-order valence-corrected chi connectivity index (χ0v) is 37.6. The molecule has 286 valence electrons. The van der Waals surface area contributed by atoms with Crippen LogP contribution < -0.4 is 0 Å². The standard InChI is InChI=1S/C48H70S4/c1-9-14-15-16-17-18-19-20-21-22-23-24-25-26-29-35-30-36(13-5)49-45(35)42-33-40-38(28-11-3)46-39(37(27-10-2)47(40)51-42)32-41(50-46)44-34(12-4)31-43(52-44)48(6,7)8/h30-33H,9-29H2,1-8H3. The van der Waals surface area contributed by atoms with Gasteiger partial charge in [-0.05, 0) is 101 Å². The van der Waals surface area contributed by atoms with Gasteiger partial charge in [0.05, 0.1) is 0 Å². The largest absolute Gasteiger partial charge is 0.139 e. The number of benzene rings is 1. The molecule has 52 heavy (non-hydrogen) atoms. The third-order valence-corrected chi connectivity index (χ3v) is 16.7. The molecule has 5 rings (SSSR count). The molecular weight excluding hydrogens is 705 g/mol. The predicted octanol–water partition coefficient (Wildman–Crippen LogP) is 17.9. The van der Waals surface area contributed by atoms with E-state index in [1.807, 2.05) is 11.3 Å². The van der Waals surface area contributed by atoms with Gasteiger partial charge >= 0.3 is 0 Å². The van der Waals surface area contributed by atoms with E-state index in [1.165, 1.54) is 134 Å². The van der Waals surface area contributed by atoms with E-state index in [1.54, 1.807) is 46.6 Å². The topological polar surface area (TPSA) is 0 Å². The van der Waals surface area contributed by atoms with Crippen LogP contribution in [0.5, 0.6) is 0 Å². The second kappa shape index (κ2) is 20.5. The fraction of sp³-hybridized carbons (Fsp3) is 0.625. The van der Waals surface area contributed by atoms with Gasteiger partial charge in [-0.2, -0.15) is 0 Å². The molecule has 0 aliphatic rings. The summed E-state index contributed by atoms with van der Waals surface area (Å²) in [6.07, 6.45) is 28.1. The molecule has 4 aromatic heterocycles. The zero-order chi connectivity index (χ0) is 37.1. The lowest BCUT2D eigenvalue weighted by atomic mass is 9.94. The van der Waals surface area contributed by atoms with E-state index in [4.69, 9.17) is 0 Å². The average molecular weight is 775 g/mol. The maximum Gasteiger partial charge on any atom is 0.0478 e. The summed E-state index contributed by atoms with van der Waals surface area (Å²) >= 11 is 8.32. The average Bonchev–Trinajstić information content (AvgIpc) is 3.93. The molecule has 0 saturated heterocycles. The van der Waals surface area contributed by atoms with Crippen molar-refractivity contribution in [2.45, 2.75) is 196 Å². The quantitative estimate of drug-likeness (QED) is 0.0580. The second-order valence-corrected chi connectivity index (χ2v) is 20.8. The first kappa shape index (κ1) is 41.7. The van der Waals surface area contributed by atoms with Crippen molar-refractivity contribution in [1.29, 1.82) is 0 Å². The number of thiophene rings is 4. The maximum atomic E-state index is 2.63. The fourth-order valence-electron chi connectivity index (χ4n) is 7.98. The summed E-state index contributed by atoms with van der Waals surface area (Å²) in [5, 5.41) is 3.10. The molecule has 4 heteroatoms. The van der Waals surface area contributed by atoms with Crippen LogP contribution >= 0.6 is 45.3 Å².